The van der Waals surface area contributed by atoms with Gasteiger partial charge in [0.25, 0.3) is 5.91 Å². The van der Waals surface area contributed by atoms with Crippen LogP contribution in [0.1, 0.15) is 30.6 Å². The van der Waals surface area contributed by atoms with Crippen molar-refractivity contribution in [2.75, 3.05) is 20.1 Å². The number of carbonyl (C=O) groups is 1. The van der Waals surface area contributed by atoms with Gasteiger partial charge in [-0.15, -0.1) is 0 Å². The second kappa shape index (κ2) is 6.06. The summed E-state index contributed by atoms with van der Waals surface area (Å²) in [7, 11) is 1.87. The summed E-state index contributed by atoms with van der Waals surface area (Å²) in [5.41, 5.74) is 0.713. The maximum atomic E-state index is 12.3. The number of likely N-dealkylation sites (N-methyl/N-ethyl adjacent to an activating group) is 1. The van der Waals surface area contributed by atoms with Gasteiger partial charge in [-0.1, -0.05) is 0 Å². The highest BCUT2D eigenvalue weighted by atomic mass is 16.5. The highest BCUT2D eigenvalue weighted by molar-refractivity contribution is 5.94. The molecular formula is C15H22N2O2. The topological polar surface area (TPSA) is 41.6 Å². The van der Waals surface area contributed by atoms with Gasteiger partial charge in [0.1, 0.15) is 5.75 Å². The molecule has 1 saturated heterocycles. The van der Waals surface area contributed by atoms with E-state index in [-0.39, 0.29) is 12.0 Å². The van der Waals surface area contributed by atoms with E-state index < -0.39 is 0 Å². The van der Waals surface area contributed by atoms with Crippen molar-refractivity contribution < 1.29 is 9.53 Å². The Morgan fingerprint density at radius 2 is 2.05 bits per heavy atom. The zero-order chi connectivity index (χ0) is 13.8. The summed E-state index contributed by atoms with van der Waals surface area (Å²) in [6, 6.07) is 7.68. The Morgan fingerprint density at radius 1 is 1.37 bits per heavy atom. The highest BCUT2D eigenvalue weighted by Crippen LogP contribution is 2.16. The van der Waals surface area contributed by atoms with Gasteiger partial charge in [-0.05, 0) is 51.1 Å². The molecule has 1 heterocycles. The zero-order valence-corrected chi connectivity index (χ0v) is 11.8. The van der Waals surface area contributed by atoms with Gasteiger partial charge in [-0.2, -0.15) is 0 Å². The lowest BCUT2D eigenvalue weighted by atomic mass is 10.1. The van der Waals surface area contributed by atoms with Crippen molar-refractivity contribution in [2.24, 2.45) is 0 Å². The minimum absolute atomic E-state index is 0.0739. The minimum atomic E-state index is 0.0739. The van der Waals surface area contributed by atoms with Gasteiger partial charge in [-0.25, -0.2) is 0 Å². The van der Waals surface area contributed by atoms with Gasteiger partial charge in [0, 0.05) is 25.2 Å². The van der Waals surface area contributed by atoms with E-state index in [4.69, 9.17) is 4.74 Å². The van der Waals surface area contributed by atoms with E-state index in [1.165, 1.54) is 0 Å². The first kappa shape index (κ1) is 13.9. The SMILES string of the molecule is CC(C)Oc1ccc(C(=O)N(C)C2CCNC2)cc1. The lowest BCUT2D eigenvalue weighted by Crippen LogP contribution is -2.38. The van der Waals surface area contributed by atoms with E-state index >= 15 is 0 Å². The van der Waals surface area contributed by atoms with E-state index in [0.29, 0.717) is 11.6 Å². The molecule has 0 aromatic heterocycles. The molecule has 104 valence electrons. The average molecular weight is 262 g/mol. The number of ether oxygens (including phenoxy) is 1. The predicted octanol–water partition coefficient (Wildman–Crippen LogP) is 1.91. The van der Waals surface area contributed by atoms with Gasteiger partial charge in [0.2, 0.25) is 0 Å². The third-order valence-electron chi connectivity index (χ3n) is 3.38. The molecule has 4 heteroatoms. The molecule has 1 N–H and O–H groups in total. The Bertz CT molecular complexity index is 422. The van der Waals surface area contributed by atoms with Crippen molar-refractivity contribution in [2.45, 2.75) is 32.4 Å². The second-order valence-corrected chi connectivity index (χ2v) is 5.25. The summed E-state index contributed by atoms with van der Waals surface area (Å²) >= 11 is 0. The summed E-state index contributed by atoms with van der Waals surface area (Å²) in [5, 5.41) is 3.28. The molecule has 1 aromatic rings. The molecule has 1 fully saturated rings. The highest BCUT2D eigenvalue weighted by Gasteiger charge is 2.23. The molecule has 1 aliphatic heterocycles. The fourth-order valence-electron chi connectivity index (χ4n) is 2.29. The monoisotopic (exact) mass is 262 g/mol. The molecule has 4 nitrogen and oxygen atoms in total. The number of carbonyl (C=O) groups excluding carboxylic acids is 1. The number of rotatable bonds is 4. The normalized spacial score (nSPS) is 18.6. The van der Waals surface area contributed by atoms with Crippen molar-refractivity contribution in [3.63, 3.8) is 0 Å². The van der Waals surface area contributed by atoms with Crippen LogP contribution in [0.2, 0.25) is 0 Å². The van der Waals surface area contributed by atoms with Crippen LogP contribution < -0.4 is 10.1 Å². The fraction of sp³-hybridized carbons (Fsp3) is 0.533. The van der Waals surface area contributed by atoms with Crippen LogP contribution in [0.15, 0.2) is 24.3 Å². The Morgan fingerprint density at radius 3 is 2.58 bits per heavy atom. The Labute approximate surface area is 114 Å². The summed E-state index contributed by atoms with van der Waals surface area (Å²) in [5.74, 6) is 0.876. The van der Waals surface area contributed by atoms with Gasteiger partial charge < -0.3 is 15.0 Å². The van der Waals surface area contributed by atoms with Crippen LogP contribution in [0.5, 0.6) is 5.75 Å². The number of nitrogens with zero attached hydrogens (tertiary/aromatic N) is 1. The predicted molar refractivity (Wildman–Crippen MR) is 75.6 cm³/mol. The summed E-state index contributed by atoms with van der Waals surface area (Å²) in [6.07, 6.45) is 1.17. The number of benzene rings is 1. The molecule has 0 spiro atoms. The molecule has 1 atom stereocenters. The van der Waals surface area contributed by atoms with Crippen LogP contribution in [-0.2, 0) is 0 Å². The number of hydrogen-bond donors (Lipinski definition) is 1. The Balaban J connectivity index is 2.02. The molecule has 1 aliphatic rings. The molecular weight excluding hydrogens is 240 g/mol. The average Bonchev–Trinajstić information content (AvgIpc) is 2.91. The quantitative estimate of drug-likeness (QED) is 0.901. The van der Waals surface area contributed by atoms with Crippen molar-refractivity contribution in [1.82, 2.24) is 10.2 Å². The molecule has 0 aliphatic carbocycles. The van der Waals surface area contributed by atoms with Crippen LogP contribution >= 0.6 is 0 Å². The van der Waals surface area contributed by atoms with Gasteiger partial charge in [0.05, 0.1) is 6.10 Å². The van der Waals surface area contributed by atoms with E-state index in [9.17, 15) is 4.79 Å². The Hall–Kier alpha value is -1.55. The van der Waals surface area contributed by atoms with E-state index in [2.05, 4.69) is 5.32 Å². The van der Waals surface area contributed by atoms with E-state index in [1.54, 1.807) is 0 Å². The van der Waals surface area contributed by atoms with Gasteiger partial charge >= 0.3 is 0 Å². The molecule has 0 radical (unpaired) electrons. The molecule has 1 aromatic carbocycles. The van der Waals surface area contributed by atoms with Crippen molar-refractivity contribution in [3.8, 4) is 5.75 Å². The van der Waals surface area contributed by atoms with Crippen molar-refractivity contribution in [1.29, 1.82) is 0 Å². The van der Waals surface area contributed by atoms with E-state index in [1.807, 2.05) is 50.1 Å². The molecule has 0 bridgehead atoms. The third-order valence-corrected chi connectivity index (χ3v) is 3.38. The second-order valence-electron chi connectivity index (χ2n) is 5.25. The van der Waals surface area contributed by atoms with Crippen LogP contribution in [0.25, 0.3) is 0 Å². The van der Waals surface area contributed by atoms with Gasteiger partial charge in [0.15, 0.2) is 0 Å². The summed E-state index contributed by atoms with van der Waals surface area (Å²) < 4.78 is 5.57. The maximum Gasteiger partial charge on any atom is 0.253 e. The third kappa shape index (κ3) is 3.47. The first-order chi connectivity index (χ1) is 9.08. The number of nitrogens with one attached hydrogen (secondary N) is 1. The zero-order valence-electron chi connectivity index (χ0n) is 11.8. The van der Waals surface area contributed by atoms with Crippen molar-refractivity contribution in [3.05, 3.63) is 29.8 Å². The lowest BCUT2D eigenvalue weighted by molar-refractivity contribution is 0.0744. The molecule has 19 heavy (non-hydrogen) atoms. The molecule has 0 saturated carbocycles. The van der Waals surface area contributed by atoms with Crippen LogP contribution in [0, 0.1) is 0 Å². The van der Waals surface area contributed by atoms with E-state index in [0.717, 1.165) is 25.3 Å². The van der Waals surface area contributed by atoms with Gasteiger partial charge in [-0.3, -0.25) is 4.79 Å². The fourth-order valence-corrected chi connectivity index (χ4v) is 2.29. The molecule has 2 rings (SSSR count). The van der Waals surface area contributed by atoms with Crippen LogP contribution in [0.3, 0.4) is 0 Å². The first-order valence-corrected chi connectivity index (χ1v) is 6.82. The standard InChI is InChI=1S/C15H22N2O2/c1-11(2)19-14-6-4-12(5-7-14)15(18)17(3)13-8-9-16-10-13/h4-7,11,13,16H,8-10H2,1-3H3. The first-order valence-electron chi connectivity index (χ1n) is 6.82. The Kier molecular flexibility index (Phi) is 4.43. The smallest absolute Gasteiger partial charge is 0.253 e. The summed E-state index contributed by atoms with van der Waals surface area (Å²) in [6.45, 7) is 5.85. The van der Waals surface area contributed by atoms with Crippen LogP contribution in [-0.4, -0.2) is 43.1 Å². The number of hydrogen-bond acceptors (Lipinski definition) is 3. The number of amides is 1. The minimum Gasteiger partial charge on any atom is -0.491 e. The molecule has 1 amide bonds. The maximum absolute atomic E-state index is 12.3. The lowest BCUT2D eigenvalue weighted by Gasteiger charge is -2.23. The largest absolute Gasteiger partial charge is 0.491 e. The van der Waals surface area contributed by atoms with Crippen molar-refractivity contribution >= 4 is 5.91 Å². The molecule has 1 unspecified atom stereocenters. The van der Waals surface area contributed by atoms with Crippen LogP contribution in [0.4, 0.5) is 0 Å². The summed E-state index contributed by atoms with van der Waals surface area (Å²) in [4.78, 5) is 14.2.